The van der Waals surface area contributed by atoms with Gasteiger partial charge in [-0.1, -0.05) is 17.7 Å². The number of hydrogen-bond donors (Lipinski definition) is 0. The third-order valence-electron chi connectivity index (χ3n) is 3.46. The van der Waals surface area contributed by atoms with Crippen LogP contribution in [0, 0.1) is 0 Å². The summed E-state index contributed by atoms with van der Waals surface area (Å²) in [4.78, 5) is 3.91. The van der Waals surface area contributed by atoms with Crippen LogP contribution in [0.2, 0.25) is 5.02 Å². The van der Waals surface area contributed by atoms with Crippen molar-refractivity contribution in [2.45, 2.75) is 23.2 Å². The van der Waals surface area contributed by atoms with E-state index in [9.17, 15) is 8.42 Å². The van der Waals surface area contributed by atoms with E-state index in [0.29, 0.717) is 28.1 Å². The molecule has 0 aliphatic carbocycles. The number of ether oxygens (including phenoxy) is 1. The van der Waals surface area contributed by atoms with Crippen LogP contribution in [-0.2, 0) is 10.0 Å². The molecule has 2 aromatic heterocycles. The first kappa shape index (κ1) is 15.7. The Hall–Kier alpha value is -1.15. The first-order valence-electron chi connectivity index (χ1n) is 6.87. The molecule has 0 spiro atoms. The van der Waals surface area contributed by atoms with Crippen molar-refractivity contribution in [1.82, 2.24) is 9.29 Å². The minimum absolute atomic E-state index is 0.205. The van der Waals surface area contributed by atoms with Crippen LogP contribution >= 0.6 is 22.9 Å². The summed E-state index contributed by atoms with van der Waals surface area (Å²) in [7, 11) is -3.43. The minimum atomic E-state index is -3.43. The number of piperidine rings is 1. The molecule has 8 heteroatoms. The summed E-state index contributed by atoms with van der Waals surface area (Å²) in [5, 5.41) is 2.20. The zero-order chi connectivity index (χ0) is 15.6. The molecular formula is C14H15ClN2O3S2. The fourth-order valence-corrected chi connectivity index (χ4v) is 5.21. The zero-order valence-electron chi connectivity index (χ0n) is 11.7. The molecule has 118 valence electrons. The van der Waals surface area contributed by atoms with Gasteiger partial charge in [0.05, 0.1) is 6.54 Å². The van der Waals surface area contributed by atoms with E-state index in [2.05, 4.69) is 4.98 Å². The maximum Gasteiger partial charge on any atom is 0.252 e. The van der Waals surface area contributed by atoms with E-state index in [1.54, 1.807) is 29.8 Å². The number of thiophene rings is 1. The summed E-state index contributed by atoms with van der Waals surface area (Å²) in [6.07, 6.45) is 4.47. The lowest BCUT2D eigenvalue weighted by Crippen LogP contribution is -2.44. The zero-order valence-corrected chi connectivity index (χ0v) is 14.1. The van der Waals surface area contributed by atoms with Crippen LogP contribution in [0.15, 0.2) is 40.2 Å². The number of rotatable bonds is 4. The quantitative estimate of drug-likeness (QED) is 0.842. The van der Waals surface area contributed by atoms with Gasteiger partial charge in [0.15, 0.2) is 0 Å². The Morgan fingerprint density at radius 1 is 1.41 bits per heavy atom. The van der Waals surface area contributed by atoms with Gasteiger partial charge in [0.25, 0.3) is 10.0 Å². The highest BCUT2D eigenvalue weighted by atomic mass is 35.5. The molecular weight excluding hydrogens is 344 g/mol. The van der Waals surface area contributed by atoms with Crippen LogP contribution in [0.3, 0.4) is 0 Å². The Morgan fingerprint density at radius 3 is 3.00 bits per heavy atom. The fourth-order valence-electron chi connectivity index (χ4n) is 2.39. The fraction of sp³-hybridized carbons (Fsp3) is 0.357. The van der Waals surface area contributed by atoms with E-state index < -0.39 is 10.0 Å². The lowest BCUT2D eigenvalue weighted by atomic mass is 10.1. The molecule has 1 atom stereocenters. The van der Waals surface area contributed by atoms with Gasteiger partial charge >= 0.3 is 0 Å². The van der Waals surface area contributed by atoms with Gasteiger partial charge in [0.1, 0.15) is 21.1 Å². The Balaban J connectivity index is 1.74. The van der Waals surface area contributed by atoms with Crippen molar-refractivity contribution in [2.24, 2.45) is 0 Å². The smallest absolute Gasteiger partial charge is 0.252 e. The molecule has 0 N–H and O–H groups in total. The van der Waals surface area contributed by atoms with Crippen LogP contribution in [-0.4, -0.2) is 36.9 Å². The van der Waals surface area contributed by atoms with Crippen LogP contribution in [0.25, 0.3) is 0 Å². The summed E-state index contributed by atoms with van der Waals surface area (Å²) >= 11 is 7.26. The Kier molecular flexibility index (Phi) is 4.67. The minimum Gasteiger partial charge on any atom is -0.487 e. The molecule has 1 fully saturated rings. The number of halogens is 1. The molecule has 1 aliphatic heterocycles. The van der Waals surface area contributed by atoms with E-state index in [4.69, 9.17) is 16.3 Å². The summed E-state index contributed by atoms with van der Waals surface area (Å²) in [5.41, 5.74) is 0. The predicted octanol–water partition coefficient (Wildman–Crippen LogP) is 3.03. The molecule has 0 aromatic carbocycles. The molecule has 0 bridgehead atoms. The maximum atomic E-state index is 12.6. The lowest BCUT2D eigenvalue weighted by Gasteiger charge is -2.31. The highest BCUT2D eigenvalue weighted by Crippen LogP contribution is 2.28. The van der Waals surface area contributed by atoms with Gasteiger partial charge in [-0.05, 0) is 24.3 Å². The van der Waals surface area contributed by atoms with Gasteiger partial charge in [-0.25, -0.2) is 8.42 Å². The van der Waals surface area contributed by atoms with Crippen molar-refractivity contribution >= 4 is 33.0 Å². The average Bonchev–Trinajstić information content (AvgIpc) is 3.05. The maximum absolute atomic E-state index is 12.6. The Morgan fingerprint density at radius 2 is 2.27 bits per heavy atom. The summed E-state index contributed by atoms with van der Waals surface area (Å²) in [6, 6.07) is 5.06. The highest BCUT2D eigenvalue weighted by Gasteiger charge is 2.31. The molecule has 1 unspecified atom stereocenters. The van der Waals surface area contributed by atoms with Crippen molar-refractivity contribution in [3.8, 4) is 5.75 Å². The van der Waals surface area contributed by atoms with Crippen molar-refractivity contribution in [3.63, 3.8) is 0 Å². The molecule has 1 saturated heterocycles. The monoisotopic (exact) mass is 358 g/mol. The van der Waals surface area contributed by atoms with E-state index in [1.807, 2.05) is 0 Å². The number of sulfonamides is 1. The van der Waals surface area contributed by atoms with Crippen LogP contribution in [0.5, 0.6) is 5.75 Å². The topological polar surface area (TPSA) is 59.5 Å². The molecule has 0 radical (unpaired) electrons. The van der Waals surface area contributed by atoms with Crippen molar-refractivity contribution < 1.29 is 13.2 Å². The second-order valence-electron chi connectivity index (χ2n) is 4.98. The van der Waals surface area contributed by atoms with Gasteiger partial charge in [0.2, 0.25) is 0 Å². The summed E-state index contributed by atoms with van der Waals surface area (Å²) in [5.74, 6) is 0.539. The molecule has 2 aromatic rings. The second kappa shape index (κ2) is 6.54. The SMILES string of the molecule is O=S(=O)(c1cccs1)N1CCCC(Oc2ccncc2Cl)C1. The van der Waals surface area contributed by atoms with E-state index >= 15 is 0 Å². The normalized spacial score (nSPS) is 20.0. The number of pyridine rings is 1. The number of hydrogen-bond acceptors (Lipinski definition) is 5. The molecule has 1 aliphatic rings. The largest absolute Gasteiger partial charge is 0.487 e. The standard InChI is InChI=1S/C14H15ClN2O3S2/c15-12-9-16-6-5-13(12)20-11-3-1-7-17(10-11)22(18,19)14-4-2-8-21-14/h2,4-6,8-9,11H,1,3,7,10H2. The van der Waals surface area contributed by atoms with Crippen LogP contribution in [0.1, 0.15) is 12.8 Å². The first-order valence-corrected chi connectivity index (χ1v) is 9.57. The third kappa shape index (κ3) is 3.27. The van der Waals surface area contributed by atoms with Crippen molar-refractivity contribution in [3.05, 3.63) is 41.0 Å². The summed E-state index contributed by atoms with van der Waals surface area (Å²) < 4.78 is 32.8. The predicted molar refractivity (Wildman–Crippen MR) is 86.0 cm³/mol. The van der Waals surface area contributed by atoms with Crippen molar-refractivity contribution in [1.29, 1.82) is 0 Å². The third-order valence-corrected chi connectivity index (χ3v) is 6.98. The number of nitrogens with zero attached hydrogens (tertiary/aromatic N) is 2. The second-order valence-corrected chi connectivity index (χ2v) is 8.50. The lowest BCUT2D eigenvalue weighted by molar-refractivity contribution is 0.130. The van der Waals surface area contributed by atoms with Gasteiger partial charge in [-0.2, -0.15) is 4.31 Å². The first-order chi connectivity index (χ1) is 10.6. The van der Waals surface area contributed by atoms with E-state index in [0.717, 1.165) is 12.8 Å². The Labute approximate surface area is 138 Å². The molecule has 0 amide bonds. The molecule has 5 nitrogen and oxygen atoms in total. The molecule has 22 heavy (non-hydrogen) atoms. The molecule has 0 saturated carbocycles. The average molecular weight is 359 g/mol. The van der Waals surface area contributed by atoms with Gasteiger partial charge in [-0.15, -0.1) is 11.3 Å². The number of aromatic nitrogens is 1. The van der Waals surface area contributed by atoms with Crippen molar-refractivity contribution in [2.75, 3.05) is 13.1 Å². The van der Waals surface area contributed by atoms with Crippen LogP contribution < -0.4 is 4.74 Å². The van der Waals surface area contributed by atoms with E-state index in [-0.39, 0.29) is 6.10 Å². The van der Waals surface area contributed by atoms with Gasteiger partial charge in [-0.3, -0.25) is 4.98 Å². The molecule has 3 rings (SSSR count). The van der Waals surface area contributed by atoms with Gasteiger partial charge in [0, 0.05) is 25.0 Å². The van der Waals surface area contributed by atoms with Gasteiger partial charge < -0.3 is 4.74 Å². The highest BCUT2D eigenvalue weighted by molar-refractivity contribution is 7.91. The summed E-state index contributed by atoms with van der Waals surface area (Å²) in [6.45, 7) is 0.850. The Bertz CT molecular complexity index is 734. The molecule has 3 heterocycles. The van der Waals surface area contributed by atoms with E-state index in [1.165, 1.54) is 21.8 Å². The van der Waals surface area contributed by atoms with Crippen LogP contribution in [0.4, 0.5) is 0 Å².